The van der Waals surface area contributed by atoms with E-state index in [1.165, 1.54) is 23.8 Å². The zero-order valence-electron chi connectivity index (χ0n) is 23.1. The first kappa shape index (κ1) is 31.1. The molecule has 2 aromatic carbocycles. The molecule has 41 heavy (non-hydrogen) atoms. The number of aliphatic hydroxyl groups is 2. The highest BCUT2D eigenvalue weighted by Crippen LogP contribution is 2.52. The second-order valence-electron chi connectivity index (χ2n) is 10.3. The van der Waals surface area contributed by atoms with Crippen LogP contribution >= 0.6 is 19.8 Å². The third-order valence-electron chi connectivity index (χ3n) is 6.92. The number of benzene rings is 2. The minimum atomic E-state index is -4.07. The van der Waals surface area contributed by atoms with Gasteiger partial charge in [0.05, 0.1) is 25.3 Å². The number of nitrogens with zero attached hydrogens (tertiary/aromatic N) is 1. The molecular formula is C28H35N2O9PS. The minimum absolute atomic E-state index is 0.0167. The molecule has 1 saturated heterocycles. The summed E-state index contributed by atoms with van der Waals surface area (Å²) in [4.78, 5) is 26.7. The highest BCUT2D eigenvalue weighted by atomic mass is 32.1. The molecule has 0 bridgehead atoms. The van der Waals surface area contributed by atoms with Crippen molar-refractivity contribution < 1.29 is 38.1 Å². The lowest BCUT2D eigenvalue weighted by atomic mass is 9.96. The molecule has 0 spiro atoms. The number of esters is 1. The van der Waals surface area contributed by atoms with Crippen molar-refractivity contribution in [1.29, 1.82) is 0 Å². The Kier molecular flexibility index (Phi) is 9.84. The molecular weight excluding hydrogens is 571 g/mol. The summed E-state index contributed by atoms with van der Waals surface area (Å²) in [5, 5.41) is 23.6. The van der Waals surface area contributed by atoms with Gasteiger partial charge in [0.1, 0.15) is 23.6 Å². The minimum Gasteiger partial charge on any atom is -0.465 e. The molecule has 1 fully saturated rings. The monoisotopic (exact) mass is 606 g/mol. The van der Waals surface area contributed by atoms with E-state index in [1.54, 1.807) is 19.1 Å². The van der Waals surface area contributed by atoms with Gasteiger partial charge in [0.15, 0.2) is 11.0 Å². The molecule has 222 valence electrons. The van der Waals surface area contributed by atoms with Crippen LogP contribution in [0.2, 0.25) is 0 Å². The van der Waals surface area contributed by atoms with Crippen LogP contribution in [0.5, 0.6) is 5.75 Å². The Morgan fingerprint density at radius 2 is 1.98 bits per heavy atom. The second-order valence-corrected chi connectivity index (χ2v) is 12.7. The maximum atomic E-state index is 14.2. The average molecular weight is 607 g/mol. The molecule has 0 aliphatic carbocycles. The molecule has 2 heterocycles. The van der Waals surface area contributed by atoms with Crippen molar-refractivity contribution in [2.24, 2.45) is 5.92 Å². The normalized spacial score (nSPS) is 24.6. The predicted octanol–water partition coefficient (Wildman–Crippen LogP) is 4.34. The smallest absolute Gasteiger partial charge is 0.380 e. The number of nitrogens with one attached hydrogen (secondary N) is 1. The van der Waals surface area contributed by atoms with Crippen LogP contribution in [0.25, 0.3) is 10.8 Å². The number of hydrogen-bond acceptors (Lipinski definition) is 10. The zero-order chi connectivity index (χ0) is 29.8. The Labute approximate surface area is 242 Å². The lowest BCUT2D eigenvalue weighted by Crippen LogP contribution is -2.44. The number of H-pyrrole nitrogens is 1. The van der Waals surface area contributed by atoms with Gasteiger partial charge in [-0.3, -0.25) is 23.7 Å². The first-order valence-electron chi connectivity index (χ1n) is 13.4. The van der Waals surface area contributed by atoms with Gasteiger partial charge in [0, 0.05) is 17.6 Å². The van der Waals surface area contributed by atoms with Crippen molar-refractivity contribution in [3.8, 4) is 5.75 Å². The van der Waals surface area contributed by atoms with Crippen LogP contribution < -0.4 is 10.1 Å². The molecule has 3 N–H and O–H groups in total. The van der Waals surface area contributed by atoms with Gasteiger partial charge in [0.25, 0.3) is 5.56 Å². The van der Waals surface area contributed by atoms with Gasteiger partial charge in [-0.25, -0.2) is 4.57 Å². The summed E-state index contributed by atoms with van der Waals surface area (Å²) in [6, 6.07) is 13.9. The van der Waals surface area contributed by atoms with Crippen molar-refractivity contribution in [3.63, 3.8) is 0 Å². The number of hydrogen-bond donors (Lipinski definition) is 3. The molecule has 0 saturated carbocycles. The number of aromatic amines is 1. The standard InChI is InChI=1S/C28H35N2O9PS/c1-4-5-15-36-25(33)18(2)17-40(35,39-21-12-8-10-19-9-6-7-11-20(19)21)37-16-22-24(32)28(3,34)26(38-22)30-14-13-23(31)29-27(30)41/h6-14,18,22,24,26,32,34H,4-5,15-17H2,1-3H3,(H,29,31,41)/t18-,22-,24+,26-,28?,40-/m1/s1. The molecule has 4 rings (SSSR count). The molecule has 13 heteroatoms. The highest BCUT2D eigenvalue weighted by Gasteiger charge is 2.53. The Morgan fingerprint density at radius 3 is 2.71 bits per heavy atom. The van der Waals surface area contributed by atoms with E-state index in [2.05, 4.69) is 4.98 Å². The van der Waals surface area contributed by atoms with Gasteiger partial charge in [-0.2, -0.15) is 0 Å². The van der Waals surface area contributed by atoms with E-state index in [0.29, 0.717) is 17.6 Å². The number of rotatable bonds is 12. The fourth-order valence-electron chi connectivity index (χ4n) is 4.59. The summed E-state index contributed by atoms with van der Waals surface area (Å²) in [6.07, 6.45) is -1.21. The summed E-state index contributed by atoms with van der Waals surface area (Å²) in [7, 11) is -4.07. The van der Waals surface area contributed by atoms with Gasteiger partial charge in [-0.15, -0.1) is 0 Å². The lowest BCUT2D eigenvalue weighted by molar-refractivity contribution is -0.147. The van der Waals surface area contributed by atoms with Crippen LogP contribution in [0.4, 0.5) is 0 Å². The van der Waals surface area contributed by atoms with Crippen LogP contribution in [0, 0.1) is 10.7 Å². The van der Waals surface area contributed by atoms with Crippen molar-refractivity contribution in [2.45, 2.75) is 57.6 Å². The summed E-state index contributed by atoms with van der Waals surface area (Å²) in [5.41, 5.74) is -2.28. The molecule has 3 aromatic rings. The van der Waals surface area contributed by atoms with Crippen LogP contribution in [-0.4, -0.2) is 62.9 Å². The van der Waals surface area contributed by atoms with E-state index in [9.17, 15) is 24.4 Å². The van der Waals surface area contributed by atoms with Gasteiger partial charge < -0.3 is 24.2 Å². The van der Waals surface area contributed by atoms with Gasteiger partial charge in [-0.05, 0) is 37.0 Å². The molecule has 1 aromatic heterocycles. The molecule has 1 aliphatic rings. The number of ether oxygens (including phenoxy) is 2. The van der Waals surface area contributed by atoms with Crippen LogP contribution in [-0.2, 0) is 23.4 Å². The topological polar surface area (TPSA) is 149 Å². The number of aromatic nitrogens is 2. The second kappa shape index (κ2) is 13.0. The SMILES string of the molecule is CCCCOC(=O)[C@H](C)C[P@@](=O)(OC[C@H]1O[C@@H](n2ccc(=O)[nH]c2=S)C(C)(O)[C@H]1O)Oc1cccc2ccccc12. The number of unbranched alkanes of at least 4 members (excludes halogenated alkanes) is 1. The largest absolute Gasteiger partial charge is 0.465 e. The molecule has 0 amide bonds. The van der Waals surface area contributed by atoms with Crippen LogP contribution in [0.1, 0.15) is 39.8 Å². The van der Waals surface area contributed by atoms with E-state index in [-0.39, 0.29) is 17.5 Å². The fraction of sp³-hybridized carbons (Fsp3) is 0.464. The number of carbonyl (C=O) groups is 1. The Morgan fingerprint density at radius 1 is 1.24 bits per heavy atom. The summed E-state index contributed by atoms with van der Waals surface area (Å²) < 4.78 is 38.6. The molecule has 1 unspecified atom stereocenters. The van der Waals surface area contributed by atoms with E-state index < -0.39 is 55.7 Å². The summed E-state index contributed by atoms with van der Waals surface area (Å²) in [6.45, 7) is 4.72. The summed E-state index contributed by atoms with van der Waals surface area (Å²) in [5.74, 6) is -1.05. The van der Waals surface area contributed by atoms with Crippen molar-refractivity contribution in [3.05, 3.63) is 69.9 Å². The third kappa shape index (κ3) is 7.14. The molecule has 1 aliphatic heterocycles. The maximum absolute atomic E-state index is 14.2. The van der Waals surface area contributed by atoms with Gasteiger partial charge >= 0.3 is 13.6 Å². The fourth-order valence-corrected chi connectivity index (χ4v) is 6.73. The number of aliphatic hydroxyl groups excluding tert-OH is 1. The molecule has 6 atom stereocenters. The van der Waals surface area contributed by atoms with Gasteiger partial charge in [-0.1, -0.05) is 56.7 Å². The van der Waals surface area contributed by atoms with Crippen molar-refractivity contribution in [1.82, 2.24) is 9.55 Å². The Hall–Kier alpha value is -2.86. The third-order valence-corrected chi connectivity index (χ3v) is 9.25. The summed E-state index contributed by atoms with van der Waals surface area (Å²) >= 11 is 5.20. The van der Waals surface area contributed by atoms with Crippen molar-refractivity contribution in [2.75, 3.05) is 19.4 Å². The van der Waals surface area contributed by atoms with Crippen LogP contribution in [0.3, 0.4) is 0 Å². The first-order valence-corrected chi connectivity index (χ1v) is 15.5. The van der Waals surface area contributed by atoms with Crippen molar-refractivity contribution >= 4 is 36.6 Å². The molecule has 0 radical (unpaired) electrons. The lowest BCUT2D eigenvalue weighted by Gasteiger charge is -2.28. The quantitative estimate of drug-likeness (QED) is 0.118. The maximum Gasteiger partial charge on any atom is 0.380 e. The number of fused-ring (bicyclic) bond motifs is 1. The van der Waals surface area contributed by atoms with E-state index in [1.807, 2.05) is 37.3 Å². The van der Waals surface area contributed by atoms with Gasteiger partial charge in [0.2, 0.25) is 0 Å². The first-order chi connectivity index (χ1) is 19.4. The highest BCUT2D eigenvalue weighted by molar-refractivity contribution is 7.71. The average Bonchev–Trinajstić information content (AvgIpc) is 3.15. The van der Waals surface area contributed by atoms with E-state index in [0.717, 1.165) is 11.8 Å². The zero-order valence-corrected chi connectivity index (χ0v) is 24.8. The van der Waals surface area contributed by atoms with Crippen LogP contribution in [0.15, 0.2) is 59.5 Å². The predicted molar refractivity (Wildman–Crippen MR) is 154 cm³/mol. The Bertz CT molecular complexity index is 1530. The van der Waals surface area contributed by atoms with E-state index in [4.69, 9.17) is 30.7 Å². The van der Waals surface area contributed by atoms with E-state index >= 15 is 0 Å². The number of carbonyl (C=O) groups excluding carboxylic acids is 1. The Balaban J connectivity index is 1.57. The molecule has 11 nitrogen and oxygen atoms in total.